The van der Waals surface area contributed by atoms with E-state index in [-0.39, 0.29) is 24.1 Å². The van der Waals surface area contributed by atoms with Gasteiger partial charge in [-0.25, -0.2) is 4.98 Å². The van der Waals surface area contributed by atoms with Gasteiger partial charge in [0.05, 0.1) is 17.4 Å². The van der Waals surface area contributed by atoms with Gasteiger partial charge in [0.25, 0.3) is 5.91 Å². The van der Waals surface area contributed by atoms with Crippen molar-refractivity contribution in [2.24, 2.45) is 5.73 Å². The highest BCUT2D eigenvalue weighted by Gasteiger charge is 2.58. The highest BCUT2D eigenvalue weighted by atomic mass is 35.5. The van der Waals surface area contributed by atoms with Crippen molar-refractivity contribution in [2.45, 2.75) is 31.0 Å². The predicted molar refractivity (Wildman–Crippen MR) is 120 cm³/mol. The van der Waals surface area contributed by atoms with Crippen LogP contribution in [0.25, 0.3) is 10.9 Å². The number of likely N-dealkylation sites (N-methyl/N-ethyl adjacent to an activating group) is 1. The lowest BCUT2D eigenvalue weighted by atomic mass is 10.1. The summed E-state index contributed by atoms with van der Waals surface area (Å²) in [5.74, 6) is -0.476. The van der Waals surface area contributed by atoms with Gasteiger partial charge in [-0.3, -0.25) is 9.59 Å². The van der Waals surface area contributed by atoms with Crippen molar-refractivity contribution < 1.29 is 9.59 Å². The van der Waals surface area contributed by atoms with E-state index in [2.05, 4.69) is 27.2 Å². The van der Waals surface area contributed by atoms with Crippen molar-refractivity contribution in [1.82, 2.24) is 20.2 Å². The number of hydrogen-bond donors (Lipinski definition) is 3. The molecule has 4 N–H and O–H groups in total. The number of ketones is 1. The second-order valence-electron chi connectivity index (χ2n) is 7.89. The second-order valence-corrected chi connectivity index (χ2v) is 9.41. The minimum absolute atomic E-state index is 0. The van der Waals surface area contributed by atoms with Crippen LogP contribution in [0.15, 0.2) is 24.3 Å². The lowest BCUT2D eigenvalue weighted by Gasteiger charge is -2.20. The Morgan fingerprint density at radius 1 is 1.40 bits per heavy atom. The summed E-state index contributed by atoms with van der Waals surface area (Å²) < 4.78 is 0. The van der Waals surface area contributed by atoms with Crippen molar-refractivity contribution in [3.8, 4) is 0 Å². The number of hydrogen-bond acceptors (Lipinski definition) is 6. The zero-order valence-corrected chi connectivity index (χ0v) is 18.6. The molecular formula is C20H21Cl2N5O2S. The number of H-pyrrole nitrogens is 1. The molecule has 0 radical (unpaired) electrons. The monoisotopic (exact) mass is 465 g/mol. The number of benzene rings is 1. The lowest BCUT2D eigenvalue weighted by molar-refractivity contribution is 0.0921. The number of aromatic nitrogens is 2. The average Bonchev–Trinajstić information content (AvgIpc) is 3.05. The van der Waals surface area contributed by atoms with Crippen LogP contribution in [0.2, 0.25) is 5.02 Å². The first-order valence-corrected chi connectivity index (χ1v) is 10.6. The molecule has 0 bridgehead atoms. The Morgan fingerprint density at radius 2 is 2.20 bits per heavy atom. The number of fused-ring (bicyclic) bond motifs is 2. The average molecular weight is 466 g/mol. The van der Waals surface area contributed by atoms with Gasteiger partial charge in [-0.1, -0.05) is 11.6 Å². The molecular weight excluding hydrogens is 445 g/mol. The van der Waals surface area contributed by atoms with E-state index in [4.69, 9.17) is 17.3 Å². The highest BCUT2D eigenvalue weighted by Crippen LogP contribution is 2.37. The molecule has 2 aliphatic rings. The smallest absolute Gasteiger partial charge is 0.280 e. The normalized spacial score (nSPS) is 23.0. The number of rotatable bonds is 4. The van der Waals surface area contributed by atoms with Gasteiger partial charge < -0.3 is 20.9 Å². The Balaban J connectivity index is 0.00000218. The highest BCUT2D eigenvalue weighted by molar-refractivity contribution is 7.13. The van der Waals surface area contributed by atoms with Crippen molar-refractivity contribution in [1.29, 1.82) is 0 Å². The predicted octanol–water partition coefficient (Wildman–Crippen LogP) is 2.77. The summed E-state index contributed by atoms with van der Waals surface area (Å²) in [7, 11) is 2.05. The fourth-order valence-corrected chi connectivity index (χ4v) is 5.10. The number of carbonyl (C=O) groups is 2. The third-order valence-corrected chi connectivity index (χ3v) is 6.99. The molecule has 1 aromatic carbocycles. The number of aromatic amines is 1. The lowest BCUT2D eigenvalue weighted by Crippen LogP contribution is -2.43. The fraction of sp³-hybridized carbons (Fsp3) is 0.350. The van der Waals surface area contributed by atoms with E-state index in [1.807, 2.05) is 6.07 Å². The number of carbonyl (C=O) groups excluding carboxylic acids is 2. The molecule has 3 aromatic rings. The molecule has 2 unspecified atom stereocenters. The van der Waals surface area contributed by atoms with E-state index in [0.717, 1.165) is 41.0 Å². The molecule has 30 heavy (non-hydrogen) atoms. The Kier molecular flexibility index (Phi) is 5.40. The maximum atomic E-state index is 12.9. The number of nitrogens with two attached hydrogens (primary N) is 1. The molecule has 2 atom stereocenters. The number of amides is 1. The van der Waals surface area contributed by atoms with Crippen LogP contribution in [0, 0.1) is 0 Å². The molecule has 7 nitrogen and oxygen atoms in total. The van der Waals surface area contributed by atoms with Gasteiger partial charge in [0.1, 0.15) is 5.54 Å². The zero-order chi connectivity index (χ0) is 20.3. The first kappa shape index (κ1) is 21.3. The van der Waals surface area contributed by atoms with Crippen LogP contribution in [-0.4, -0.2) is 51.7 Å². The molecule has 1 saturated carbocycles. The SMILES string of the molecule is CN1CCc2nc(C(=O)NC3CC3(N)C(=O)c3cc4cc(Cl)ccc4[nH]3)sc2C1.Cl. The van der Waals surface area contributed by atoms with Gasteiger partial charge in [0.2, 0.25) is 5.78 Å². The van der Waals surface area contributed by atoms with Gasteiger partial charge in [-0.15, -0.1) is 23.7 Å². The molecule has 158 valence electrons. The topological polar surface area (TPSA) is 104 Å². The van der Waals surface area contributed by atoms with Crippen molar-refractivity contribution in [3.63, 3.8) is 0 Å². The Bertz CT molecular complexity index is 1160. The summed E-state index contributed by atoms with van der Waals surface area (Å²) >= 11 is 7.43. The number of halogens is 2. The quantitative estimate of drug-likeness (QED) is 0.513. The number of thiazole rings is 1. The molecule has 0 spiro atoms. The number of nitrogens with one attached hydrogen (secondary N) is 2. The number of Topliss-reactive ketones (excluding diaryl/α,β-unsaturated/α-hetero) is 1. The molecule has 1 aliphatic carbocycles. The maximum absolute atomic E-state index is 12.9. The first-order valence-electron chi connectivity index (χ1n) is 9.43. The van der Waals surface area contributed by atoms with E-state index in [1.165, 1.54) is 11.3 Å². The maximum Gasteiger partial charge on any atom is 0.280 e. The van der Waals surface area contributed by atoms with Gasteiger partial charge >= 0.3 is 0 Å². The molecule has 0 saturated heterocycles. The van der Waals surface area contributed by atoms with Crippen molar-refractivity contribution in [2.75, 3.05) is 13.6 Å². The molecule has 1 fully saturated rings. The fourth-order valence-electron chi connectivity index (χ4n) is 3.83. The second kappa shape index (κ2) is 7.62. The summed E-state index contributed by atoms with van der Waals surface area (Å²) in [5.41, 5.74) is 7.47. The van der Waals surface area contributed by atoms with Gasteiger partial charge in [0, 0.05) is 40.3 Å². The molecule has 3 heterocycles. The van der Waals surface area contributed by atoms with Crippen molar-refractivity contribution >= 4 is 57.9 Å². The van der Waals surface area contributed by atoms with Crippen LogP contribution in [-0.2, 0) is 13.0 Å². The minimum atomic E-state index is -1.10. The largest absolute Gasteiger partial charge is 0.352 e. The Hall–Kier alpha value is -1.97. The van der Waals surface area contributed by atoms with E-state index in [9.17, 15) is 9.59 Å². The summed E-state index contributed by atoms with van der Waals surface area (Å²) in [4.78, 5) is 36.5. The van der Waals surface area contributed by atoms with E-state index < -0.39 is 11.6 Å². The molecule has 5 rings (SSSR count). The third-order valence-electron chi connectivity index (χ3n) is 5.68. The van der Waals surface area contributed by atoms with Crippen LogP contribution in [0.3, 0.4) is 0 Å². The van der Waals surface area contributed by atoms with E-state index in [1.54, 1.807) is 18.2 Å². The van der Waals surface area contributed by atoms with Crippen LogP contribution >= 0.6 is 35.3 Å². The van der Waals surface area contributed by atoms with Crippen LogP contribution in [0.4, 0.5) is 0 Å². The minimum Gasteiger partial charge on any atom is -0.352 e. The summed E-state index contributed by atoms with van der Waals surface area (Å²) in [6.07, 6.45) is 1.25. The van der Waals surface area contributed by atoms with E-state index in [0.29, 0.717) is 22.1 Å². The summed E-state index contributed by atoms with van der Waals surface area (Å²) in [5, 5.41) is 4.78. The molecule has 10 heteroatoms. The Labute approximate surface area is 188 Å². The summed E-state index contributed by atoms with van der Waals surface area (Å²) in [6, 6.07) is 6.73. The van der Waals surface area contributed by atoms with Crippen LogP contribution < -0.4 is 11.1 Å². The molecule has 2 aromatic heterocycles. The standard InChI is InChI=1S/C20H20ClN5O2S.ClH/c1-26-5-4-13-15(9-26)29-19(24-13)18(28)25-16-8-20(16,22)17(27)14-7-10-6-11(21)2-3-12(10)23-14;/h2-3,6-7,16,23H,4-5,8-9,22H2,1H3,(H,25,28);1H. The first-order chi connectivity index (χ1) is 13.8. The Morgan fingerprint density at radius 3 is 3.00 bits per heavy atom. The molecule has 1 amide bonds. The van der Waals surface area contributed by atoms with Gasteiger partial charge in [0.15, 0.2) is 5.01 Å². The third kappa shape index (κ3) is 3.63. The van der Waals surface area contributed by atoms with E-state index >= 15 is 0 Å². The molecule has 1 aliphatic heterocycles. The van der Waals surface area contributed by atoms with Crippen molar-refractivity contribution in [3.05, 3.63) is 50.6 Å². The van der Waals surface area contributed by atoms with Gasteiger partial charge in [-0.05, 0) is 37.7 Å². The summed E-state index contributed by atoms with van der Waals surface area (Å²) in [6.45, 7) is 1.75. The number of nitrogens with zero attached hydrogens (tertiary/aromatic N) is 2. The van der Waals surface area contributed by atoms with Crippen LogP contribution in [0.5, 0.6) is 0 Å². The van der Waals surface area contributed by atoms with Gasteiger partial charge in [-0.2, -0.15) is 0 Å². The zero-order valence-electron chi connectivity index (χ0n) is 16.2. The van der Waals surface area contributed by atoms with Crippen LogP contribution in [0.1, 0.15) is 37.3 Å².